The largest absolute Gasteiger partial charge is 0.465 e. The Hall–Kier alpha value is -2.10. The van der Waals surface area contributed by atoms with Crippen LogP contribution in [0.3, 0.4) is 0 Å². The topological polar surface area (TPSA) is 56.3 Å². The zero-order chi connectivity index (χ0) is 9.97. The van der Waals surface area contributed by atoms with E-state index >= 15 is 0 Å². The van der Waals surface area contributed by atoms with E-state index in [-0.39, 0.29) is 5.69 Å². The van der Waals surface area contributed by atoms with Crippen molar-refractivity contribution in [3.05, 3.63) is 53.0 Å². The predicted molar refractivity (Wildman–Crippen MR) is 50.8 cm³/mol. The summed E-state index contributed by atoms with van der Waals surface area (Å²) >= 11 is 0. The van der Waals surface area contributed by atoms with E-state index < -0.39 is 4.92 Å². The highest BCUT2D eigenvalue weighted by atomic mass is 16.6. The second-order valence-corrected chi connectivity index (χ2v) is 2.79. The normalized spacial score (nSPS) is 10.0. The van der Waals surface area contributed by atoms with Gasteiger partial charge in [0.15, 0.2) is 6.26 Å². The highest BCUT2D eigenvalue weighted by molar-refractivity contribution is 5.71. The predicted octanol–water partition coefficient (Wildman–Crippen LogP) is 2.85. The van der Waals surface area contributed by atoms with Crippen molar-refractivity contribution in [2.24, 2.45) is 0 Å². The molecule has 0 spiro atoms. The van der Waals surface area contributed by atoms with Crippen LogP contribution >= 0.6 is 0 Å². The molecule has 0 N–H and O–H groups in total. The Kier molecular flexibility index (Phi) is 2.02. The molecule has 1 aromatic carbocycles. The van der Waals surface area contributed by atoms with E-state index in [2.05, 4.69) is 0 Å². The van der Waals surface area contributed by atoms with Gasteiger partial charge in [0.1, 0.15) is 6.26 Å². The number of rotatable bonds is 2. The van der Waals surface area contributed by atoms with E-state index in [9.17, 15) is 10.1 Å². The lowest BCUT2D eigenvalue weighted by molar-refractivity contribution is -0.384. The molecule has 0 unspecified atom stereocenters. The molecule has 0 aliphatic heterocycles. The van der Waals surface area contributed by atoms with Gasteiger partial charge in [-0.05, 0) is 5.56 Å². The van der Waals surface area contributed by atoms with Crippen LogP contribution in [0.25, 0.3) is 11.1 Å². The summed E-state index contributed by atoms with van der Waals surface area (Å²) in [5.41, 5.74) is 1.29. The first kappa shape index (κ1) is 8.50. The Balaban J connectivity index is 2.52. The van der Waals surface area contributed by atoms with Crippen molar-refractivity contribution in [1.29, 1.82) is 0 Å². The summed E-state index contributed by atoms with van der Waals surface area (Å²) in [5, 5.41) is 10.6. The number of nitro groups is 1. The first-order chi connectivity index (χ1) is 6.79. The number of hydrogen-bond acceptors (Lipinski definition) is 3. The lowest BCUT2D eigenvalue weighted by Crippen LogP contribution is -1.87. The van der Waals surface area contributed by atoms with Gasteiger partial charge in [0.2, 0.25) is 0 Å². The van der Waals surface area contributed by atoms with Crippen LogP contribution in [-0.4, -0.2) is 4.92 Å². The van der Waals surface area contributed by atoms with E-state index in [0.29, 0.717) is 5.56 Å². The molecule has 0 atom stereocenters. The molecule has 0 saturated carbocycles. The van der Waals surface area contributed by atoms with E-state index in [4.69, 9.17) is 4.42 Å². The minimum Gasteiger partial charge on any atom is -0.465 e. The van der Waals surface area contributed by atoms with Gasteiger partial charge >= 0.3 is 5.69 Å². The third kappa shape index (κ3) is 1.37. The second kappa shape index (κ2) is 3.33. The number of nitrogens with zero attached hydrogens (tertiary/aromatic N) is 1. The summed E-state index contributed by atoms with van der Waals surface area (Å²) in [6.45, 7) is 0. The van der Waals surface area contributed by atoms with E-state index in [1.165, 1.54) is 6.26 Å². The van der Waals surface area contributed by atoms with Crippen molar-refractivity contribution in [3.63, 3.8) is 0 Å². The van der Waals surface area contributed by atoms with Crippen molar-refractivity contribution in [2.45, 2.75) is 0 Å². The fraction of sp³-hybridized carbons (Fsp3) is 0. The molecular formula is C10H7NO3. The van der Waals surface area contributed by atoms with Crippen LogP contribution in [0.2, 0.25) is 0 Å². The van der Waals surface area contributed by atoms with Gasteiger partial charge in [-0.25, -0.2) is 0 Å². The third-order valence-corrected chi connectivity index (χ3v) is 1.92. The van der Waals surface area contributed by atoms with Crippen LogP contribution in [0.1, 0.15) is 0 Å². The molecule has 4 nitrogen and oxygen atoms in total. The molecule has 1 heterocycles. The Morgan fingerprint density at radius 2 is 1.86 bits per heavy atom. The van der Waals surface area contributed by atoms with Crippen molar-refractivity contribution in [3.8, 4) is 11.1 Å². The first-order valence-electron chi connectivity index (χ1n) is 4.05. The van der Waals surface area contributed by atoms with Gasteiger partial charge in [-0.1, -0.05) is 30.3 Å². The van der Waals surface area contributed by atoms with Gasteiger partial charge < -0.3 is 4.42 Å². The average molecular weight is 189 g/mol. The van der Waals surface area contributed by atoms with Crippen LogP contribution in [0.5, 0.6) is 0 Å². The minimum atomic E-state index is -0.453. The quantitative estimate of drug-likeness (QED) is 0.539. The molecule has 0 aliphatic rings. The van der Waals surface area contributed by atoms with Crippen LogP contribution < -0.4 is 0 Å². The summed E-state index contributed by atoms with van der Waals surface area (Å²) in [6, 6.07) is 9.11. The maximum Gasteiger partial charge on any atom is 0.314 e. The zero-order valence-corrected chi connectivity index (χ0v) is 7.21. The summed E-state index contributed by atoms with van der Waals surface area (Å²) in [6.07, 6.45) is 2.52. The van der Waals surface area contributed by atoms with Gasteiger partial charge in [0.05, 0.1) is 10.5 Å². The van der Waals surface area contributed by atoms with Crippen LogP contribution in [0.15, 0.2) is 47.3 Å². The standard InChI is InChI=1S/C10H7NO3/c12-11(13)10-7-14-6-9(10)8-4-2-1-3-5-8/h1-7H. The first-order valence-corrected chi connectivity index (χ1v) is 4.05. The van der Waals surface area contributed by atoms with Gasteiger partial charge in [0.25, 0.3) is 0 Å². The molecule has 0 radical (unpaired) electrons. The molecule has 14 heavy (non-hydrogen) atoms. The highest BCUT2D eigenvalue weighted by Crippen LogP contribution is 2.30. The molecule has 0 fully saturated rings. The van der Waals surface area contributed by atoms with Gasteiger partial charge in [-0.2, -0.15) is 0 Å². The van der Waals surface area contributed by atoms with E-state index in [1.54, 1.807) is 12.1 Å². The molecule has 1 aromatic heterocycles. The number of furan rings is 1. The fourth-order valence-electron chi connectivity index (χ4n) is 1.27. The minimum absolute atomic E-state index is 0.00352. The summed E-state index contributed by atoms with van der Waals surface area (Å²) in [5.74, 6) is 0. The highest BCUT2D eigenvalue weighted by Gasteiger charge is 2.17. The number of hydrogen-bond donors (Lipinski definition) is 0. The average Bonchev–Trinajstić information content (AvgIpc) is 2.67. The molecule has 4 heteroatoms. The molecule has 2 aromatic rings. The Morgan fingerprint density at radius 1 is 1.14 bits per heavy atom. The maximum absolute atomic E-state index is 10.6. The molecule has 0 aliphatic carbocycles. The second-order valence-electron chi connectivity index (χ2n) is 2.79. The Morgan fingerprint density at radius 3 is 2.50 bits per heavy atom. The van der Waals surface area contributed by atoms with E-state index in [0.717, 1.165) is 11.8 Å². The zero-order valence-electron chi connectivity index (χ0n) is 7.21. The molecule has 2 rings (SSSR count). The molecule has 0 bridgehead atoms. The van der Waals surface area contributed by atoms with Crippen LogP contribution in [0.4, 0.5) is 5.69 Å². The van der Waals surface area contributed by atoms with Crippen LogP contribution in [0, 0.1) is 10.1 Å². The third-order valence-electron chi connectivity index (χ3n) is 1.92. The monoisotopic (exact) mass is 189 g/mol. The summed E-state index contributed by atoms with van der Waals surface area (Å²) < 4.78 is 4.82. The summed E-state index contributed by atoms with van der Waals surface area (Å²) in [4.78, 5) is 10.1. The maximum atomic E-state index is 10.6. The van der Waals surface area contributed by atoms with Crippen molar-refractivity contribution < 1.29 is 9.34 Å². The van der Waals surface area contributed by atoms with Crippen LogP contribution in [-0.2, 0) is 0 Å². The molecule has 70 valence electrons. The smallest absolute Gasteiger partial charge is 0.314 e. The number of benzene rings is 1. The van der Waals surface area contributed by atoms with Gasteiger partial charge in [-0.3, -0.25) is 10.1 Å². The van der Waals surface area contributed by atoms with Crippen molar-refractivity contribution in [2.75, 3.05) is 0 Å². The molecule has 0 saturated heterocycles. The Bertz CT molecular complexity index is 447. The fourth-order valence-corrected chi connectivity index (χ4v) is 1.27. The lowest BCUT2D eigenvalue weighted by Gasteiger charge is -1.94. The molecule has 0 amide bonds. The molecular weight excluding hydrogens is 182 g/mol. The van der Waals surface area contributed by atoms with Gasteiger partial charge in [-0.15, -0.1) is 0 Å². The van der Waals surface area contributed by atoms with Crippen molar-refractivity contribution >= 4 is 5.69 Å². The van der Waals surface area contributed by atoms with Crippen molar-refractivity contribution in [1.82, 2.24) is 0 Å². The van der Waals surface area contributed by atoms with Gasteiger partial charge in [0, 0.05) is 0 Å². The SMILES string of the molecule is O=[N+]([O-])c1cocc1-c1ccccc1. The Labute approximate surface area is 79.9 Å². The summed E-state index contributed by atoms with van der Waals surface area (Å²) in [7, 11) is 0. The van der Waals surface area contributed by atoms with E-state index in [1.807, 2.05) is 18.2 Å². The lowest BCUT2D eigenvalue weighted by atomic mass is 10.1.